The molecule has 0 amide bonds. The Bertz CT molecular complexity index is 762. The largest absolute Gasteiger partial charge is 0.508 e. The van der Waals surface area contributed by atoms with Gasteiger partial charge in [0.1, 0.15) is 11.5 Å². The quantitative estimate of drug-likeness (QED) is 0.249. The van der Waals surface area contributed by atoms with Gasteiger partial charge in [0.15, 0.2) is 0 Å². The van der Waals surface area contributed by atoms with Gasteiger partial charge in [-0.05, 0) is 79.0 Å². The van der Waals surface area contributed by atoms with Crippen molar-refractivity contribution in [2.45, 2.75) is 90.9 Å². The monoisotopic (exact) mass is 508 g/mol. The van der Waals surface area contributed by atoms with Gasteiger partial charge < -0.3 is 15.3 Å². The summed E-state index contributed by atoms with van der Waals surface area (Å²) in [5.74, 6) is 1.14. The van der Waals surface area contributed by atoms with Crippen LogP contribution in [0.3, 0.4) is 0 Å². The third-order valence-electron chi connectivity index (χ3n) is 6.84. The van der Waals surface area contributed by atoms with Crippen LogP contribution >= 0.6 is 0 Å². The first kappa shape index (κ1) is 30.3. The van der Waals surface area contributed by atoms with E-state index in [9.17, 15) is 10.2 Å². The molecule has 0 atom stereocenters. The molecule has 190 valence electrons. The van der Waals surface area contributed by atoms with Crippen LogP contribution in [0.5, 0.6) is 11.5 Å². The summed E-state index contributed by atoms with van der Waals surface area (Å²) in [6.07, 6.45) is 16.5. The van der Waals surface area contributed by atoms with Crippen LogP contribution in [-0.4, -0.2) is 21.9 Å². The van der Waals surface area contributed by atoms with E-state index in [1.54, 1.807) is 24.3 Å². The number of aromatic hydroxyl groups is 2. The molecule has 2 aliphatic carbocycles. The predicted octanol–water partition coefficient (Wildman–Crippen LogP) is 8.23. The zero-order valence-corrected chi connectivity index (χ0v) is 20.9. The average Bonchev–Trinajstić information content (AvgIpc) is 3.55. The smallest absolute Gasteiger partial charge is 0.115 e. The van der Waals surface area contributed by atoms with Crippen LogP contribution < -0.4 is 0 Å². The summed E-state index contributed by atoms with van der Waals surface area (Å²) in [7, 11) is 0. The van der Waals surface area contributed by atoms with Gasteiger partial charge in [-0.1, -0.05) is 88.6 Å². The number of aliphatic hydroxyl groups is 1. The third-order valence-corrected chi connectivity index (χ3v) is 6.84. The van der Waals surface area contributed by atoms with Gasteiger partial charge in [-0.25, -0.2) is 0 Å². The molecule has 0 heterocycles. The summed E-state index contributed by atoms with van der Waals surface area (Å²) in [4.78, 5) is 0. The van der Waals surface area contributed by atoms with Crippen molar-refractivity contribution in [3.8, 4) is 11.5 Å². The van der Waals surface area contributed by atoms with Gasteiger partial charge in [0.25, 0.3) is 0 Å². The van der Waals surface area contributed by atoms with Crippen LogP contribution in [-0.2, 0) is 17.1 Å². The van der Waals surface area contributed by atoms with E-state index < -0.39 is 0 Å². The van der Waals surface area contributed by atoms with E-state index in [-0.39, 0.29) is 42.6 Å². The summed E-state index contributed by atoms with van der Waals surface area (Å²) in [5.41, 5.74) is 4.96. The number of unbranched alkanes of at least 4 members (excludes halogenated alkanes) is 2. The Labute approximate surface area is 217 Å². The second kappa shape index (κ2) is 16.8. The number of hydrogen-bond donors (Lipinski definition) is 3. The van der Waals surface area contributed by atoms with Crippen molar-refractivity contribution in [1.82, 2.24) is 0 Å². The second-order valence-electron chi connectivity index (χ2n) is 9.28. The van der Waals surface area contributed by atoms with E-state index in [1.807, 2.05) is 24.3 Å². The van der Waals surface area contributed by atoms with Gasteiger partial charge in [-0.3, -0.25) is 0 Å². The molecule has 0 aromatic heterocycles. The van der Waals surface area contributed by atoms with Crippen LogP contribution in [0.1, 0.15) is 102 Å². The molecular formula is C30H44FeO3. The second-order valence-corrected chi connectivity index (χ2v) is 9.28. The Kier molecular flexibility index (Phi) is 15.0. The fourth-order valence-corrected chi connectivity index (χ4v) is 5.09. The van der Waals surface area contributed by atoms with Crippen LogP contribution in [0.4, 0.5) is 0 Å². The van der Waals surface area contributed by atoms with Gasteiger partial charge >= 0.3 is 0 Å². The Morgan fingerprint density at radius 1 is 0.647 bits per heavy atom. The van der Waals surface area contributed by atoms with Gasteiger partial charge in [0.2, 0.25) is 0 Å². The topological polar surface area (TPSA) is 60.7 Å². The summed E-state index contributed by atoms with van der Waals surface area (Å²) in [5, 5.41) is 28.5. The molecule has 2 aliphatic rings. The van der Waals surface area contributed by atoms with E-state index in [0.717, 1.165) is 36.8 Å². The molecule has 0 bridgehead atoms. The standard InChI is InChI=1S/C24H30O3.C5H10.CH4.Fe/c25-17-5-1-2-8-23(18-6-3-4-7-18)24(19-9-13-21(26)14-10-19)20-11-15-22(27)16-12-20;1-2-4-5-3-1;;/h9-16,18,25-27H,1-8,17H2;1-5H2;1H4;. The molecular weight excluding hydrogens is 464 g/mol. The summed E-state index contributed by atoms with van der Waals surface area (Å²) < 4.78 is 0. The molecule has 0 spiro atoms. The minimum absolute atomic E-state index is 0. The average molecular weight is 509 g/mol. The Hall–Kier alpha value is -1.74. The number of phenolic OH excluding ortho intramolecular Hbond substituents is 2. The van der Waals surface area contributed by atoms with Crippen molar-refractivity contribution in [3.05, 3.63) is 65.2 Å². The van der Waals surface area contributed by atoms with Crippen molar-refractivity contribution >= 4 is 5.57 Å². The molecule has 3 nitrogen and oxygen atoms in total. The maximum absolute atomic E-state index is 9.72. The van der Waals surface area contributed by atoms with Crippen molar-refractivity contribution in [2.75, 3.05) is 6.61 Å². The number of rotatable bonds is 8. The summed E-state index contributed by atoms with van der Waals surface area (Å²) in [6.45, 7) is 0.255. The van der Waals surface area contributed by atoms with Crippen LogP contribution in [0, 0.1) is 5.92 Å². The van der Waals surface area contributed by atoms with E-state index in [0.29, 0.717) is 5.92 Å². The minimum atomic E-state index is 0. The molecule has 0 unspecified atom stereocenters. The van der Waals surface area contributed by atoms with Crippen LogP contribution in [0.25, 0.3) is 5.57 Å². The number of phenols is 2. The van der Waals surface area contributed by atoms with E-state index >= 15 is 0 Å². The van der Waals surface area contributed by atoms with Crippen LogP contribution in [0.15, 0.2) is 54.1 Å². The van der Waals surface area contributed by atoms with Gasteiger partial charge in [0.05, 0.1) is 0 Å². The van der Waals surface area contributed by atoms with Gasteiger partial charge in [-0.2, -0.15) is 0 Å². The Morgan fingerprint density at radius 3 is 1.50 bits per heavy atom. The molecule has 34 heavy (non-hydrogen) atoms. The van der Waals surface area contributed by atoms with E-state index in [2.05, 4.69) is 0 Å². The molecule has 0 aliphatic heterocycles. The normalized spacial score (nSPS) is 15.0. The predicted molar refractivity (Wildman–Crippen MR) is 140 cm³/mol. The molecule has 4 heteroatoms. The maximum Gasteiger partial charge on any atom is 0.115 e. The fraction of sp³-hybridized carbons (Fsp3) is 0.533. The number of hydrogen-bond acceptors (Lipinski definition) is 3. The fourth-order valence-electron chi connectivity index (χ4n) is 5.09. The molecule has 2 aromatic carbocycles. The first-order valence-corrected chi connectivity index (χ1v) is 12.6. The number of aliphatic hydroxyl groups excluding tert-OH is 1. The van der Waals surface area contributed by atoms with Crippen molar-refractivity contribution < 1.29 is 32.4 Å². The molecule has 3 N–H and O–H groups in total. The van der Waals surface area contributed by atoms with Gasteiger partial charge in [0, 0.05) is 23.7 Å². The summed E-state index contributed by atoms with van der Waals surface area (Å²) >= 11 is 0. The first-order valence-electron chi connectivity index (χ1n) is 12.6. The summed E-state index contributed by atoms with van der Waals surface area (Å²) in [6, 6.07) is 14.9. The number of benzene rings is 2. The molecule has 2 fully saturated rings. The van der Waals surface area contributed by atoms with Crippen molar-refractivity contribution in [2.24, 2.45) is 5.92 Å². The molecule has 2 saturated carbocycles. The molecule has 0 radical (unpaired) electrons. The van der Waals surface area contributed by atoms with E-state index in [4.69, 9.17) is 5.11 Å². The molecule has 2 aromatic rings. The van der Waals surface area contributed by atoms with Crippen molar-refractivity contribution in [1.29, 1.82) is 0 Å². The molecule has 0 saturated heterocycles. The zero-order valence-electron chi connectivity index (χ0n) is 19.8. The molecule has 4 rings (SSSR count). The third kappa shape index (κ3) is 9.49. The maximum atomic E-state index is 9.72. The van der Waals surface area contributed by atoms with Crippen molar-refractivity contribution in [3.63, 3.8) is 0 Å². The zero-order chi connectivity index (χ0) is 22.6. The number of allylic oxidation sites excluding steroid dienone is 1. The van der Waals surface area contributed by atoms with Crippen LogP contribution in [0.2, 0.25) is 0 Å². The minimum Gasteiger partial charge on any atom is -0.508 e. The van der Waals surface area contributed by atoms with E-state index in [1.165, 1.54) is 68.9 Å². The Morgan fingerprint density at radius 2 is 1.09 bits per heavy atom. The first-order chi connectivity index (χ1) is 15.7. The van der Waals surface area contributed by atoms with Gasteiger partial charge in [-0.15, -0.1) is 0 Å². The Balaban J connectivity index is 0.000000734. The SMILES string of the molecule is C.C1CCCC1.OCCCCCC(=C(c1ccc(O)cc1)c1ccc(O)cc1)C1CCCC1.[Fe].